The van der Waals surface area contributed by atoms with Crippen LogP contribution in [-0.2, 0) is 19.2 Å². The molecule has 2 unspecified atom stereocenters. The number of hydrogen-bond acceptors (Lipinski definition) is 5. The Hall–Kier alpha value is -6.32. The number of nitrogen functional groups attached to an aromatic ring is 1. The summed E-state index contributed by atoms with van der Waals surface area (Å²) in [5.41, 5.74) is 10.1. The Balaban J connectivity index is 0.000000178. The third kappa shape index (κ3) is 9.34. The molecule has 2 fully saturated rings. The molecule has 3 amide bonds. The van der Waals surface area contributed by atoms with Crippen LogP contribution in [0.15, 0.2) is 109 Å². The van der Waals surface area contributed by atoms with E-state index in [2.05, 4.69) is 17.2 Å². The molecule has 6 rings (SSSR count). The third-order valence-electron chi connectivity index (χ3n) is 7.50. The molecule has 0 bridgehead atoms. The molecule has 47 heavy (non-hydrogen) atoms. The zero-order valence-corrected chi connectivity index (χ0v) is 25.6. The molecule has 0 radical (unpaired) electrons. The lowest BCUT2D eigenvalue weighted by Crippen LogP contribution is -2.28. The fraction of sp³-hybridized carbons (Fsp3) is 0.158. The van der Waals surface area contributed by atoms with Crippen LogP contribution in [-0.4, -0.2) is 41.9 Å². The fourth-order valence-corrected chi connectivity index (χ4v) is 4.94. The van der Waals surface area contributed by atoms with Gasteiger partial charge >= 0.3 is 5.97 Å². The second-order valence-electron chi connectivity index (χ2n) is 10.8. The number of terminal acetylenes is 2. The number of carbonyl (C=O) groups excluding carboxylic acids is 3. The van der Waals surface area contributed by atoms with E-state index < -0.39 is 11.9 Å². The summed E-state index contributed by atoms with van der Waals surface area (Å²) in [7, 11) is 0. The van der Waals surface area contributed by atoms with Crippen LogP contribution in [0.5, 0.6) is 0 Å². The third-order valence-corrected chi connectivity index (χ3v) is 7.50. The van der Waals surface area contributed by atoms with Crippen molar-refractivity contribution in [3.8, 4) is 24.7 Å². The number of nitrogens with one attached hydrogen (secondary N) is 1. The van der Waals surface area contributed by atoms with E-state index >= 15 is 0 Å². The Kier molecular flexibility index (Phi) is 11.5. The summed E-state index contributed by atoms with van der Waals surface area (Å²) in [4.78, 5) is 50.0. The number of nitrogens with zero attached hydrogens (tertiary/aromatic N) is 2. The first-order chi connectivity index (χ1) is 22.7. The number of para-hydroxylation sites is 2. The quantitative estimate of drug-likeness (QED) is 0.210. The van der Waals surface area contributed by atoms with Crippen molar-refractivity contribution in [2.24, 2.45) is 11.8 Å². The summed E-state index contributed by atoms with van der Waals surface area (Å²) in [5.74, 6) is 2.91. The molecule has 0 saturated carbocycles. The summed E-state index contributed by atoms with van der Waals surface area (Å²) in [6.45, 7) is 0.676. The highest BCUT2D eigenvalue weighted by atomic mass is 16.4. The lowest BCUT2D eigenvalue weighted by atomic mass is 10.1. The minimum absolute atomic E-state index is 0.0287. The highest BCUT2D eigenvalue weighted by molar-refractivity contribution is 6.03. The van der Waals surface area contributed by atoms with Crippen molar-refractivity contribution in [3.63, 3.8) is 0 Å². The molecule has 0 spiro atoms. The van der Waals surface area contributed by atoms with Crippen molar-refractivity contribution in [3.05, 3.63) is 120 Å². The lowest BCUT2D eigenvalue weighted by molar-refractivity contribution is -0.141. The lowest BCUT2D eigenvalue weighted by Gasteiger charge is -2.16. The minimum atomic E-state index is -0.901. The maximum atomic E-state index is 12.4. The normalized spacial score (nSPS) is 16.5. The molecule has 4 aromatic carbocycles. The van der Waals surface area contributed by atoms with E-state index in [0.29, 0.717) is 12.2 Å². The smallest absolute Gasteiger partial charge is 0.308 e. The largest absolute Gasteiger partial charge is 0.481 e. The monoisotopic (exact) mass is 626 g/mol. The molecule has 2 atom stereocenters. The van der Waals surface area contributed by atoms with Crippen LogP contribution in [0.4, 0.5) is 22.7 Å². The van der Waals surface area contributed by atoms with Crippen LogP contribution in [0, 0.1) is 36.5 Å². The zero-order chi connectivity index (χ0) is 33.8. The number of rotatable bonds is 5. The topological polar surface area (TPSA) is 133 Å². The van der Waals surface area contributed by atoms with Crippen molar-refractivity contribution < 1.29 is 24.3 Å². The van der Waals surface area contributed by atoms with E-state index in [4.69, 9.17) is 23.7 Å². The van der Waals surface area contributed by atoms with Gasteiger partial charge in [0, 0.05) is 59.8 Å². The van der Waals surface area contributed by atoms with E-state index in [1.54, 1.807) is 41.3 Å². The molecule has 0 aliphatic carbocycles. The highest BCUT2D eigenvalue weighted by Gasteiger charge is 2.36. The molecule has 236 valence electrons. The van der Waals surface area contributed by atoms with Gasteiger partial charge in [-0.25, -0.2) is 0 Å². The van der Waals surface area contributed by atoms with Gasteiger partial charge in [-0.1, -0.05) is 48.2 Å². The summed E-state index contributed by atoms with van der Waals surface area (Å²) >= 11 is 0. The number of aliphatic carboxylic acids is 1. The Morgan fingerprint density at radius 2 is 1.11 bits per heavy atom. The highest BCUT2D eigenvalue weighted by Crippen LogP contribution is 2.26. The molecule has 2 saturated heterocycles. The summed E-state index contributed by atoms with van der Waals surface area (Å²) in [6.07, 6.45) is 10.7. The molecule has 2 aliphatic rings. The fourth-order valence-electron chi connectivity index (χ4n) is 4.94. The van der Waals surface area contributed by atoms with Crippen LogP contribution in [0.3, 0.4) is 0 Å². The number of hydrogen-bond donors (Lipinski definition) is 3. The van der Waals surface area contributed by atoms with Crippen molar-refractivity contribution in [2.45, 2.75) is 12.8 Å². The van der Waals surface area contributed by atoms with E-state index in [1.807, 2.05) is 72.8 Å². The number of carboxylic acid groups (broad SMARTS) is 1. The van der Waals surface area contributed by atoms with Gasteiger partial charge in [0.25, 0.3) is 0 Å². The molecule has 4 aromatic rings. The Bertz CT molecular complexity index is 1780. The van der Waals surface area contributed by atoms with Gasteiger partial charge in [0.15, 0.2) is 0 Å². The van der Waals surface area contributed by atoms with Gasteiger partial charge < -0.3 is 26.0 Å². The van der Waals surface area contributed by atoms with Gasteiger partial charge in [-0.2, -0.15) is 0 Å². The van der Waals surface area contributed by atoms with E-state index in [-0.39, 0.29) is 43.0 Å². The molecule has 2 aliphatic heterocycles. The van der Waals surface area contributed by atoms with E-state index in [0.717, 1.165) is 28.2 Å². The first kappa shape index (κ1) is 33.6. The number of carbonyl (C=O) groups is 4. The maximum Gasteiger partial charge on any atom is 0.308 e. The van der Waals surface area contributed by atoms with Crippen LogP contribution >= 0.6 is 0 Å². The van der Waals surface area contributed by atoms with Crippen molar-refractivity contribution >= 4 is 46.4 Å². The predicted octanol–water partition coefficient (Wildman–Crippen LogP) is 5.03. The van der Waals surface area contributed by atoms with Crippen LogP contribution in [0.25, 0.3) is 0 Å². The van der Waals surface area contributed by atoms with Crippen molar-refractivity contribution in [1.82, 2.24) is 0 Å². The standard InChI is InChI=1S/C19H16N2O2.C11H11NO3.C8H7N/c1-2-14-8-10-16(11-9-14)20-19(23)15-12-18(22)21(13-15)17-6-4-3-5-7-17;13-10-6-8(11(14)15)7-12(10)9-4-2-1-3-5-9;1-2-7-3-5-8(9)6-4-7/h1,3-11,15H,12-13H2,(H,20,23);1-5,8H,6-7H2,(H,14,15);1,3-6H,9H2. The Labute approximate surface area is 274 Å². The average Bonchev–Trinajstić information content (AvgIpc) is 3.69. The molecule has 9 nitrogen and oxygen atoms in total. The van der Waals surface area contributed by atoms with E-state index in [1.165, 1.54) is 4.90 Å². The average molecular weight is 627 g/mol. The predicted molar refractivity (Wildman–Crippen MR) is 183 cm³/mol. The summed E-state index contributed by atoms with van der Waals surface area (Å²) in [6, 6.07) is 32.8. The molecular formula is C38H34N4O5. The molecule has 9 heteroatoms. The molecule has 2 heterocycles. The summed E-state index contributed by atoms with van der Waals surface area (Å²) < 4.78 is 0. The summed E-state index contributed by atoms with van der Waals surface area (Å²) in [5, 5.41) is 11.7. The van der Waals surface area contributed by atoms with Gasteiger partial charge in [0.1, 0.15) is 0 Å². The van der Waals surface area contributed by atoms with E-state index in [9.17, 15) is 19.2 Å². The van der Waals surface area contributed by atoms with Gasteiger partial charge in [0.05, 0.1) is 11.8 Å². The Morgan fingerprint density at radius 1 is 0.681 bits per heavy atom. The van der Waals surface area contributed by atoms with Crippen LogP contribution < -0.4 is 20.9 Å². The molecular weight excluding hydrogens is 592 g/mol. The minimum Gasteiger partial charge on any atom is -0.481 e. The Morgan fingerprint density at radius 3 is 1.53 bits per heavy atom. The first-order valence-electron chi connectivity index (χ1n) is 14.8. The number of benzene rings is 4. The number of nitrogens with two attached hydrogens (primary N) is 1. The zero-order valence-electron chi connectivity index (χ0n) is 25.6. The second-order valence-corrected chi connectivity index (χ2v) is 10.8. The van der Waals surface area contributed by atoms with Crippen molar-refractivity contribution in [1.29, 1.82) is 0 Å². The SMILES string of the molecule is C#Cc1ccc(N)cc1.C#Cc1ccc(NC(=O)C2CC(=O)N(c3ccccc3)C2)cc1.O=C(O)C1CC(=O)N(c2ccccc2)C1. The second kappa shape index (κ2) is 16.1. The van der Waals surface area contributed by atoms with Gasteiger partial charge in [0.2, 0.25) is 17.7 Å². The van der Waals surface area contributed by atoms with Crippen LogP contribution in [0.1, 0.15) is 24.0 Å². The number of amides is 3. The number of anilines is 4. The maximum absolute atomic E-state index is 12.4. The van der Waals surface area contributed by atoms with Crippen molar-refractivity contribution in [2.75, 3.05) is 33.9 Å². The molecule has 4 N–H and O–H groups in total. The van der Waals surface area contributed by atoms with Gasteiger partial charge in [-0.3, -0.25) is 19.2 Å². The van der Waals surface area contributed by atoms with Crippen LogP contribution in [0.2, 0.25) is 0 Å². The first-order valence-corrected chi connectivity index (χ1v) is 14.8. The van der Waals surface area contributed by atoms with Gasteiger partial charge in [-0.15, -0.1) is 12.8 Å². The molecule has 0 aromatic heterocycles. The van der Waals surface area contributed by atoms with Gasteiger partial charge in [-0.05, 0) is 72.8 Å². The number of carboxylic acids is 1.